The number of allylic oxidation sites excluding steroid dienone is 1. The van der Waals surface area contributed by atoms with Crippen LogP contribution in [0.4, 0.5) is 5.69 Å². The number of nitrogens with one attached hydrogen (secondary N) is 1. The van der Waals surface area contributed by atoms with Crippen LogP contribution in [-0.2, 0) is 6.54 Å². The van der Waals surface area contributed by atoms with E-state index in [1.807, 2.05) is 0 Å². The molecule has 0 saturated carbocycles. The summed E-state index contributed by atoms with van der Waals surface area (Å²) in [6.45, 7) is 6.96. The van der Waals surface area contributed by atoms with E-state index in [9.17, 15) is 4.79 Å². The number of hydrogen-bond acceptors (Lipinski definition) is 4. The number of rotatable bonds is 5. The lowest BCUT2D eigenvalue weighted by atomic mass is 10.1. The molecule has 1 aromatic rings. The summed E-state index contributed by atoms with van der Waals surface area (Å²) in [7, 11) is 2.12. The lowest BCUT2D eigenvalue weighted by Crippen LogP contribution is -2.25. The van der Waals surface area contributed by atoms with Crippen LogP contribution in [0, 0.1) is 5.92 Å². The quantitative estimate of drug-likeness (QED) is 0.831. The van der Waals surface area contributed by atoms with Gasteiger partial charge in [0.25, 0.3) is 5.56 Å². The molecule has 1 aromatic heterocycles. The Bertz CT molecular complexity index is 514. The summed E-state index contributed by atoms with van der Waals surface area (Å²) < 4.78 is 1.30. The standard InChI is InChI=1S/C13H19ClN4O/c1-3-5-18-13(19)12(14)11(8-16-18)15-7-10-4-6-17(2)9-10/h3,8,10,15H,1,4-7,9H2,2H3. The van der Waals surface area contributed by atoms with Crippen LogP contribution in [0.1, 0.15) is 6.42 Å². The summed E-state index contributed by atoms with van der Waals surface area (Å²) in [4.78, 5) is 14.2. The Morgan fingerprint density at radius 1 is 1.68 bits per heavy atom. The Morgan fingerprint density at radius 3 is 3.11 bits per heavy atom. The monoisotopic (exact) mass is 282 g/mol. The molecular weight excluding hydrogens is 264 g/mol. The van der Waals surface area contributed by atoms with Gasteiger partial charge in [-0.05, 0) is 25.9 Å². The zero-order chi connectivity index (χ0) is 13.8. The summed E-state index contributed by atoms with van der Waals surface area (Å²) in [5.74, 6) is 0.594. The predicted octanol–water partition coefficient (Wildman–Crippen LogP) is 1.45. The van der Waals surface area contributed by atoms with Crippen LogP contribution in [0.2, 0.25) is 5.02 Å². The maximum absolute atomic E-state index is 11.9. The van der Waals surface area contributed by atoms with E-state index in [1.165, 1.54) is 11.1 Å². The van der Waals surface area contributed by atoms with Crippen LogP contribution in [0.25, 0.3) is 0 Å². The van der Waals surface area contributed by atoms with Crippen molar-refractivity contribution >= 4 is 17.3 Å². The van der Waals surface area contributed by atoms with Gasteiger partial charge in [0.1, 0.15) is 5.02 Å². The third-order valence-electron chi connectivity index (χ3n) is 3.36. The van der Waals surface area contributed by atoms with Gasteiger partial charge in [-0.3, -0.25) is 4.79 Å². The molecule has 1 aliphatic heterocycles. The molecule has 1 fully saturated rings. The van der Waals surface area contributed by atoms with Gasteiger partial charge in [0.05, 0.1) is 18.4 Å². The van der Waals surface area contributed by atoms with Crippen LogP contribution in [0.3, 0.4) is 0 Å². The second-order valence-electron chi connectivity index (χ2n) is 4.95. The molecule has 5 nitrogen and oxygen atoms in total. The molecule has 1 aliphatic rings. The number of likely N-dealkylation sites (tertiary alicyclic amines) is 1. The van der Waals surface area contributed by atoms with Crippen molar-refractivity contribution in [3.05, 3.63) is 34.2 Å². The fourth-order valence-electron chi connectivity index (χ4n) is 2.29. The highest BCUT2D eigenvalue weighted by Crippen LogP contribution is 2.19. The summed E-state index contributed by atoms with van der Waals surface area (Å²) >= 11 is 6.07. The van der Waals surface area contributed by atoms with Crippen LogP contribution in [0.5, 0.6) is 0 Å². The molecular formula is C13H19ClN4O. The molecule has 1 unspecified atom stereocenters. The minimum absolute atomic E-state index is 0.197. The Balaban J connectivity index is 2.03. The fraction of sp³-hybridized carbons (Fsp3) is 0.538. The first-order chi connectivity index (χ1) is 9.11. The molecule has 1 saturated heterocycles. The Hall–Kier alpha value is -1.33. The first-order valence-electron chi connectivity index (χ1n) is 6.40. The van der Waals surface area contributed by atoms with Crippen molar-refractivity contribution in [1.82, 2.24) is 14.7 Å². The minimum Gasteiger partial charge on any atom is -0.382 e. The number of hydrogen-bond donors (Lipinski definition) is 1. The number of anilines is 1. The zero-order valence-corrected chi connectivity index (χ0v) is 11.9. The van der Waals surface area contributed by atoms with Crippen LogP contribution in [0.15, 0.2) is 23.6 Å². The first kappa shape index (κ1) is 14.1. The topological polar surface area (TPSA) is 50.2 Å². The lowest BCUT2D eigenvalue weighted by Gasteiger charge is -2.13. The van der Waals surface area contributed by atoms with Crippen molar-refractivity contribution in [2.45, 2.75) is 13.0 Å². The second-order valence-corrected chi connectivity index (χ2v) is 5.32. The summed E-state index contributed by atoms with van der Waals surface area (Å²) in [6.07, 6.45) is 4.39. The molecule has 1 N–H and O–H groups in total. The fourth-order valence-corrected chi connectivity index (χ4v) is 2.50. The Kier molecular flexibility index (Phi) is 4.61. The molecule has 0 aromatic carbocycles. The molecule has 0 aliphatic carbocycles. The largest absolute Gasteiger partial charge is 0.382 e. The molecule has 1 atom stereocenters. The third kappa shape index (κ3) is 3.36. The van der Waals surface area contributed by atoms with Crippen molar-refractivity contribution in [3.8, 4) is 0 Å². The number of aromatic nitrogens is 2. The van der Waals surface area contributed by atoms with Gasteiger partial charge in [-0.1, -0.05) is 17.7 Å². The van der Waals surface area contributed by atoms with E-state index in [-0.39, 0.29) is 10.6 Å². The van der Waals surface area contributed by atoms with Crippen molar-refractivity contribution in [1.29, 1.82) is 0 Å². The first-order valence-corrected chi connectivity index (χ1v) is 6.78. The van der Waals surface area contributed by atoms with Crippen molar-refractivity contribution in [3.63, 3.8) is 0 Å². The van der Waals surface area contributed by atoms with E-state index in [2.05, 4.69) is 28.9 Å². The van der Waals surface area contributed by atoms with Crippen LogP contribution < -0.4 is 10.9 Å². The zero-order valence-electron chi connectivity index (χ0n) is 11.1. The van der Waals surface area contributed by atoms with E-state index >= 15 is 0 Å². The second kappa shape index (κ2) is 6.21. The summed E-state index contributed by atoms with van der Waals surface area (Å²) in [5.41, 5.74) is 0.330. The van der Waals surface area contributed by atoms with E-state index in [4.69, 9.17) is 11.6 Å². The van der Waals surface area contributed by atoms with E-state index in [0.29, 0.717) is 18.2 Å². The number of halogens is 1. The smallest absolute Gasteiger partial charge is 0.287 e. The molecule has 2 heterocycles. The summed E-state index contributed by atoms with van der Waals surface area (Å²) in [6, 6.07) is 0. The van der Waals surface area contributed by atoms with Gasteiger partial charge in [0.2, 0.25) is 0 Å². The normalized spacial score (nSPS) is 19.6. The van der Waals surface area contributed by atoms with Crippen LogP contribution >= 0.6 is 11.6 Å². The highest BCUT2D eigenvalue weighted by molar-refractivity contribution is 6.32. The maximum atomic E-state index is 11.9. The highest BCUT2D eigenvalue weighted by atomic mass is 35.5. The Morgan fingerprint density at radius 2 is 2.47 bits per heavy atom. The minimum atomic E-state index is -0.282. The lowest BCUT2D eigenvalue weighted by molar-refractivity contribution is 0.399. The summed E-state index contributed by atoms with van der Waals surface area (Å²) in [5, 5.41) is 7.49. The SMILES string of the molecule is C=CCn1ncc(NCC2CCN(C)C2)c(Cl)c1=O. The van der Waals surface area contributed by atoms with Gasteiger partial charge in [-0.15, -0.1) is 6.58 Å². The van der Waals surface area contributed by atoms with Gasteiger partial charge < -0.3 is 10.2 Å². The molecule has 0 amide bonds. The van der Waals surface area contributed by atoms with Gasteiger partial charge in [0.15, 0.2) is 0 Å². The number of nitrogens with zero attached hydrogens (tertiary/aromatic N) is 3. The average Bonchev–Trinajstić information content (AvgIpc) is 2.80. The van der Waals surface area contributed by atoms with Crippen molar-refractivity contribution < 1.29 is 0 Å². The molecule has 104 valence electrons. The maximum Gasteiger partial charge on any atom is 0.287 e. The average molecular weight is 283 g/mol. The Labute approximate surface area is 117 Å². The molecule has 0 bridgehead atoms. The van der Waals surface area contributed by atoms with Gasteiger partial charge >= 0.3 is 0 Å². The van der Waals surface area contributed by atoms with E-state index in [0.717, 1.165) is 19.6 Å². The van der Waals surface area contributed by atoms with E-state index in [1.54, 1.807) is 12.3 Å². The molecule has 2 rings (SSSR count). The molecule has 0 spiro atoms. The van der Waals surface area contributed by atoms with Gasteiger partial charge in [-0.25, -0.2) is 4.68 Å². The van der Waals surface area contributed by atoms with Crippen molar-refractivity contribution in [2.24, 2.45) is 5.92 Å². The predicted molar refractivity (Wildman–Crippen MR) is 77.8 cm³/mol. The van der Waals surface area contributed by atoms with Gasteiger partial charge in [-0.2, -0.15) is 5.10 Å². The molecule has 6 heteroatoms. The molecule has 19 heavy (non-hydrogen) atoms. The van der Waals surface area contributed by atoms with Gasteiger partial charge in [0, 0.05) is 13.1 Å². The highest BCUT2D eigenvalue weighted by Gasteiger charge is 2.19. The third-order valence-corrected chi connectivity index (χ3v) is 3.72. The van der Waals surface area contributed by atoms with Crippen LogP contribution in [-0.4, -0.2) is 41.4 Å². The molecule has 0 radical (unpaired) electrons. The van der Waals surface area contributed by atoms with Crippen molar-refractivity contribution in [2.75, 3.05) is 32.0 Å². The van der Waals surface area contributed by atoms with E-state index < -0.39 is 0 Å².